The summed E-state index contributed by atoms with van der Waals surface area (Å²) in [6.07, 6.45) is 87.1. The van der Waals surface area contributed by atoms with Crippen LogP contribution in [0.4, 0.5) is 0 Å². The maximum Gasteiger partial charge on any atom is 0.305 e. The van der Waals surface area contributed by atoms with E-state index in [-0.39, 0.29) is 18.5 Å². The first kappa shape index (κ1) is 74.6. The van der Waals surface area contributed by atoms with Gasteiger partial charge >= 0.3 is 5.97 Å². The van der Waals surface area contributed by atoms with Gasteiger partial charge < -0.3 is 20.3 Å². The van der Waals surface area contributed by atoms with Gasteiger partial charge in [0.05, 0.1) is 25.4 Å². The van der Waals surface area contributed by atoms with Crippen molar-refractivity contribution in [1.82, 2.24) is 5.32 Å². The summed E-state index contributed by atoms with van der Waals surface area (Å²) < 4.78 is 5.49. The number of carbonyl (C=O) groups excluding carboxylic acids is 2. The van der Waals surface area contributed by atoms with Crippen LogP contribution in [-0.2, 0) is 14.3 Å². The van der Waals surface area contributed by atoms with Gasteiger partial charge in [-0.25, -0.2) is 0 Å². The molecule has 0 saturated heterocycles. The summed E-state index contributed by atoms with van der Waals surface area (Å²) in [4.78, 5) is 24.6. The van der Waals surface area contributed by atoms with E-state index in [1.807, 2.05) is 6.08 Å². The molecule has 0 aromatic carbocycles. The molecule has 0 radical (unpaired) electrons. The van der Waals surface area contributed by atoms with E-state index < -0.39 is 12.1 Å². The summed E-state index contributed by atoms with van der Waals surface area (Å²) in [5.74, 6) is -0.0720. The third-order valence-corrected chi connectivity index (χ3v) is 15.5. The summed E-state index contributed by atoms with van der Waals surface area (Å²) in [7, 11) is 0. The number of amides is 1. The zero-order valence-corrected chi connectivity index (χ0v) is 51.4. The van der Waals surface area contributed by atoms with Gasteiger partial charge in [0, 0.05) is 12.8 Å². The van der Waals surface area contributed by atoms with Gasteiger partial charge in [0.2, 0.25) is 5.91 Å². The topological polar surface area (TPSA) is 95.9 Å². The lowest BCUT2D eigenvalue weighted by Gasteiger charge is -2.20. The molecule has 2 unspecified atom stereocenters. The fourth-order valence-electron chi connectivity index (χ4n) is 10.3. The van der Waals surface area contributed by atoms with Crippen molar-refractivity contribution in [2.75, 3.05) is 13.2 Å². The third kappa shape index (κ3) is 62.6. The minimum Gasteiger partial charge on any atom is -0.466 e. The molecule has 0 bridgehead atoms. The van der Waals surface area contributed by atoms with Gasteiger partial charge in [-0.3, -0.25) is 9.59 Å². The normalized spacial score (nSPS) is 12.9. The molecular weight excluding hydrogens is 947 g/mol. The molecule has 6 heteroatoms. The minimum atomic E-state index is -0.850. The van der Waals surface area contributed by atoms with Gasteiger partial charge in [-0.05, 0) is 96.3 Å². The monoisotopic (exact) mass is 1080 g/mol. The first-order valence-corrected chi connectivity index (χ1v) is 34.1. The number of esters is 1. The molecule has 0 fully saturated rings. The zero-order chi connectivity index (χ0) is 55.7. The fraction of sp³-hybridized carbons (Fsp3) is 0.831. The lowest BCUT2D eigenvalue weighted by molar-refractivity contribution is -0.143. The number of ether oxygens (including phenoxy) is 1. The molecule has 6 nitrogen and oxygen atoms in total. The fourth-order valence-corrected chi connectivity index (χ4v) is 10.3. The molecule has 0 heterocycles. The molecular formula is C71H131NO5. The van der Waals surface area contributed by atoms with E-state index in [1.165, 1.54) is 270 Å². The molecule has 0 rings (SSSR count). The largest absolute Gasteiger partial charge is 0.466 e. The first-order valence-electron chi connectivity index (χ1n) is 34.1. The number of hydrogen-bond donors (Lipinski definition) is 3. The Balaban J connectivity index is 3.46. The molecule has 1 amide bonds. The van der Waals surface area contributed by atoms with E-state index >= 15 is 0 Å². The predicted molar refractivity (Wildman–Crippen MR) is 338 cm³/mol. The number of nitrogens with one attached hydrogen (secondary N) is 1. The van der Waals surface area contributed by atoms with Gasteiger partial charge in [0.15, 0.2) is 0 Å². The summed E-state index contributed by atoms with van der Waals surface area (Å²) in [5.41, 5.74) is 0. The average molecular weight is 1080 g/mol. The van der Waals surface area contributed by atoms with Crippen LogP contribution in [-0.4, -0.2) is 47.4 Å². The molecule has 77 heavy (non-hydrogen) atoms. The predicted octanol–water partition coefficient (Wildman–Crippen LogP) is 21.9. The Morgan fingerprint density at radius 1 is 0.364 bits per heavy atom. The molecule has 2 atom stereocenters. The quantitative estimate of drug-likeness (QED) is 0.0320. The van der Waals surface area contributed by atoms with Crippen LogP contribution in [0.3, 0.4) is 0 Å². The molecule has 3 N–H and O–H groups in total. The standard InChI is InChI=1S/C71H131NO5/c1-3-5-7-9-11-13-15-17-19-21-32-35-39-43-47-51-55-59-63-69(74)68(67-73)72-70(75)64-60-56-52-48-44-40-36-33-29-27-25-23-22-24-26-28-30-34-38-42-46-50-54-58-62-66-77-71(76)65-61-57-53-49-45-41-37-31-20-18-16-14-12-10-8-6-4-2/h12,14,18,20,23-26,59,63,68-69,73-74H,3-11,13,15-17,19,21-22,27-58,60-62,64-67H2,1-2H3,(H,72,75)/b14-12-,20-18-,25-23-,26-24-,63-59+. The van der Waals surface area contributed by atoms with Crippen molar-refractivity contribution in [3.8, 4) is 0 Å². The molecule has 0 spiro atoms. The lowest BCUT2D eigenvalue weighted by atomic mass is 10.0. The van der Waals surface area contributed by atoms with Crippen LogP contribution in [0, 0.1) is 0 Å². The van der Waals surface area contributed by atoms with Crippen molar-refractivity contribution in [3.05, 3.63) is 60.8 Å². The van der Waals surface area contributed by atoms with Crippen LogP contribution in [0.2, 0.25) is 0 Å². The lowest BCUT2D eigenvalue weighted by Crippen LogP contribution is -2.45. The molecule has 0 aromatic heterocycles. The van der Waals surface area contributed by atoms with E-state index in [0.717, 1.165) is 57.8 Å². The van der Waals surface area contributed by atoms with Gasteiger partial charge in [0.25, 0.3) is 0 Å². The molecule has 0 aromatic rings. The van der Waals surface area contributed by atoms with Crippen molar-refractivity contribution in [3.63, 3.8) is 0 Å². The number of aliphatic hydroxyl groups is 2. The van der Waals surface area contributed by atoms with Gasteiger partial charge in [-0.2, -0.15) is 0 Å². The van der Waals surface area contributed by atoms with Crippen LogP contribution in [0.1, 0.15) is 354 Å². The Labute approximate surface area is 479 Å². The maximum absolute atomic E-state index is 12.5. The molecule has 0 saturated carbocycles. The van der Waals surface area contributed by atoms with Crippen LogP contribution >= 0.6 is 0 Å². The second-order valence-corrected chi connectivity index (χ2v) is 23.1. The van der Waals surface area contributed by atoms with E-state index in [2.05, 4.69) is 67.8 Å². The highest BCUT2D eigenvalue weighted by atomic mass is 16.5. The highest BCUT2D eigenvalue weighted by Crippen LogP contribution is 2.17. The number of carbonyl (C=O) groups is 2. The van der Waals surface area contributed by atoms with Gasteiger partial charge in [-0.1, -0.05) is 306 Å². The Morgan fingerprint density at radius 2 is 0.649 bits per heavy atom. The smallest absolute Gasteiger partial charge is 0.305 e. The Morgan fingerprint density at radius 3 is 1.01 bits per heavy atom. The van der Waals surface area contributed by atoms with E-state index in [9.17, 15) is 19.8 Å². The molecule has 0 aliphatic carbocycles. The zero-order valence-electron chi connectivity index (χ0n) is 51.4. The number of rotatable bonds is 63. The maximum atomic E-state index is 12.5. The van der Waals surface area contributed by atoms with Crippen LogP contribution in [0.5, 0.6) is 0 Å². The second-order valence-electron chi connectivity index (χ2n) is 23.1. The summed E-state index contributed by atoms with van der Waals surface area (Å²) in [5, 5.41) is 23.2. The van der Waals surface area contributed by atoms with Crippen molar-refractivity contribution < 1.29 is 24.5 Å². The number of unbranched alkanes of at least 4 members (excludes halogenated alkanes) is 44. The van der Waals surface area contributed by atoms with E-state index in [4.69, 9.17) is 4.74 Å². The summed E-state index contributed by atoms with van der Waals surface area (Å²) >= 11 is 0. The first-order chi connectivity index (χ1) is 38.0. The van der Waals surface area contributed by atoms with Crippen LogP contribution in [0.25, 0.3) is 0 Å². The van der Waals surface area contributed by atoms with Gasteiger partial charge in [0.1, 0.15) is 0 Å². The highest BCUT2D eigenvalue weighted by molar-refractivity contribution is 5.76. The van der Waals surface area contributed by atoms with Crippen molar-refractivity contribution in [1.29, 1.82) is 0 Å². The highest BCUT2D eigenvalue weighted by Gasteiger charge is 2.18. The van der Waals surface area contributed by atoms with Crippen LogP contribution in [0.15, 0.2) is 60.8 Å². The molecule has 0 aliphatic rings. The Bertz CT molecular complexity index is 1340. The Kier molecular flexibility index (Phi) is 64.0. The Hall–Kier alpha value is -2.44. The SMILES string of the molecule is CCCCC/C=C\C/C=C\CCCCCCCCCC(=O)OCCCCCCCCCCC/C=C\C/C=C\CCCCCCCCCCCC(=O)NC(CO)C(O)/C=C/CCCCCCCCCCCCCCCCCC. The van der Waals surface area contributed by atoms with E-state index in [1.54, 1.807) is 6.08 Å². The summed E-state index contributed by atoms with van der Waals surface area (Å²) in [6.45, 7) is 4.89. The summed E-state index contributed by atoms with van der Waals surface area (Å²) in [6, 6.07) is -0.634. The van der Waals surface area contributed by atoms with Crippen molar-refractivity contribution in [2.24, 2.45) is 0 Å². The molecule has 450 valence electrons. The average Bonchev–Trinajstić information content (AvgIpc) is 3.43. The minimum absolute atomic E-state index is 0.000571. The number of allylic oxidation sites excluding steroid dienone is 9. The van der Waals surface area contributed by atoms with Gasteiger partial charge in [-0.15, -0.1) is 0 Å². The second kappa shape index (κ2) is 66.1. The number of hydrogen-bond acceptors (Lipinski definition) is 5. The number of aliphatic hydroxyl groups excluding tert-OH is 2. The third-order valence-electron chi connectivity index (χ3n) is 15.5. The van der Waals surface area contributed by atoms with E-state index in [0.29, 0.717) is 19.4 Å². The van der Waals surface area contributed by atoms with Crippen molar-refractivity contribution in [2.45, 2.75) is 366 Å². The molecule has 0 aliphatic heterocycles. The van der Waals surface area contributed by atoms with Crippen molar-refractivity contribution >= 4 is 11.9 Å². The van der Waals surface area contributed by atoms with Crippen LogP contribution < -0.4 is 5.32 Å².